The smallest absolute Gasteiger partial charge is 0.313 e. The second-order valence-corrected chi connectivity index (χ2v) is 2.05. The maximum absolute atomic E-state index is 10.5. The molecule has 12 heavy (non-hydrogen) atoms. The third-order valence-electron chi connectivity index (χ3n) is 1.32. The average Bonchev–Trinajstić information content (AvgIpc) is 2.05. The second kappa shape index (κ2) is 3.08. The summed E-state index contributed by atoms with van der Waals surface area (Å²) in [5, 5.41) is 10.5. The average molecular weight is 171 g/mol. The summed E-state index contributed by atoms with van der Waals surface area (Å²) in [7, 11) is -2.76. The fraction of sp³-hybridized carbons (Fsp3) is 0.143. The van der Waals surface area contributed by atoms with Crippen LogP contribution in [0.15, 0.2) is 18.2 Å². The number of nitrogen functional groups attached to an aromatic ring is 1. The standard InChI is InChI=1S/C7H8N2O3/c1-12-7-5(8)3-2-4-6(7)9(10)11/h2-4H,8H2,1H3/i1D3. The molecule has 0 fully saturated rings. The van der Waals surface area contributed by atoms with Gasteiger partial charge >= 0.3 is 5.69 Å². The molecule has 0 aromatic heterocycles. The number of ether oxygens (including phenoxy) is 1. The van der Waals surface area contributed by atoms with Crippen LogP contribution in [0.4, 0.5) is 11.4 Å². The molecule has 0 saturated heterocycles. The SMILES string of the molecule is [2H]C([2H])([2H])Oc1c(N)cccc1[N+](=O)[O-]. The maximum atomic E-state index is 10.5. The number of nitro benzene ring substituents is 1. The zero-order valence-corrected chi connectivity index (χ0v) is 5.98. The summed E-state index contributed by atoms with van der Waals surface area (Å²) < 4.78 is 25.0. The minimum absolute atomic E-state index is 0.0830. The van der Waals surface area contributed by atoms with Gasteiger partial charge in [-0.15, -0.1) is 0 Å². The number of hydrogen-bond donors (Lipinski definition) is 1. The normalized spacial score (nSPS) is 14.2. The van der Waals surface area contributed by atoms with Crippen LogP contribution >= 0.6 is 0 Å². The van der Waals surface area contributed by atoms with Crippen LogP contribution in [0.1, 0.15) is 4.11 Å². The molecule has 2 N–H and O–H groups in total. The Morgan fingerprint density at radius 2 is 2.50 bits per heavy atom. The first-order valence-corrected chi connectivity index (χ1v) is 3.03. The van der Waals surface area contributed by atoms with Gasteiger partial charge in [-0.3, -0.25) is 10.1 Å². The summed E-state index contributed by atoms with van der Waals surface area (Å²) in [5.41, 5.74) is 4.84. The minimum Gasteiger partial charge on any atom is -0.489 e. The molecule has 0 aliphatic rings. The summed E-state index contributed by atoms with van der Waals surface area (Å²) in [4.78, 5) is 9.79. The third-order valence-corrected chi connectivity index (χ3v) is 1.32. The van der Waals surface area contributed by atoms with Crippen LogP contribution in [0.2, 0.25) is 0 Å². The Hall–Kier alpha value is -1.78. The first-order chi connectivity index (χ1) is 6.81. The number of benzene rings is 1. The first-order valence-electron chi connectivity index (χ1n) is 4.53. The molecule has 0 aliphatic carbocycles. The van der Waals surface area contributed by atoms with Crippen molar-refractivity contribution in [2.45, 2.75) is 0 Å². The number of nitro groups is 1. The molecule has 1 rings (SSSR count). The van der Waals surface area contributed by atoms with Gasteiger partial charge in [0.1, 0.15) is 0 Å². The van der Waals surface area contributed by atoms with Crippen LogP contribution in [0, 0.1) is 10.1 Å². The highest BCUT2D eigenvalue weighted by Gasteiger charge is 2.15. The molecule has 0 spiro atoms. The van der Waals surface area contributed by atoms with Crippen molar-refractivity contribution in [3.8, 4) is 5.75 Å². The molecule has 0 atom stereocenters. The Labute approximate surface area is 73.1 Å². The Bertz CT molecular complexity index is 392. The molecule has 0 heterocycles. The summed E-state index contributed by atoms with van der Waals surface area (Å²) in [5.74, 6) is -0.428. The Kier molecular flexibility index (Phi) is 1.28. The van der Waals surface area contributed by atoms with Crippen molar-refractivity contribution in [1.82, 2.24) is 0 Å². The highest BCUT2D eigenvalue weighted by Crippen LogP contribution is 2.31. The molecule has 5 heteroatoms. The van der Waals surface area contributed by atoms with Crippen LogP contribution in [-0.4, -0.2) is 12.0 Å². The number of anilines is 1. The monoisotopic (exact) mass is 171 g/mol. The number of nitrogens with two attached hydrogens (primary N) is 1. The van der Waals surface area contributed by atoms with Crippen LogP contribution in [0.25, 0.3) is 0 Å². The summed E-state index contributed by atoms with van der Waals surface area (Å²) >= 11 is 0. The van der Waals surface area contributed by atoms with Crippen LogP contribution < -0.4 is 10.5 Å². The number of rotatable bonds is 2. The number of para-hydroxylation sites is 1. The lowest BCUT2D eigenvalue weighted by molar-refractivity contribution is -0.385. The maximum Gasteiger partial charge on any atom is 0.313 e. The van der Waals surface area contributed by atoms with Gasteiger partial charge in [0, 0.05) is 6.07 Å². The van der Waals surface area contributed by atoms with Crippen LogP contribution in [0.3, 0.4) is 0 Å². The molecule has 1 aromatic rings. The predicted octanol–water partition coefficient (Wildman–Crippen LogP) is 1.19. The fourth-order valence-electron chi connectivity index (χ4n) is 0.797. The van der Waals surface area contributed by atoms with Gasteiger partial charge in [-0.25, -0.2) is 0 Å². The van der Waals surface area contributed by atoms with Crippen molar-refractivity contribution in [2.75, 3.05) is 12.8 Å². The lowest BCUT2D eigenvalue weighted by atomic mass is 10.2. The number of nitrogens with zero attached hydrogens (tertiary/aromatic N) is 1. The molecule has 0 unspecified atom stereocenters. The van der Waals surface area contributed by atoms with Gasteiger partial charge in [-0.05, 0) is 6.07 Å². The Morgan fingerprint density at radius 1 is 1.75 bits per heavy atom. The van der Waals surface area contributed by atoms with E-state index in [1.807, 2.05) is 0 Å². The number of methoxy groups -OCH3 is 1. The predicted molar refractivity (Wildman–Crippen MR) is 44.1 cm³/mol. The van der Waals surface area contributed by atoms with Gasteiger partial charge < -0.3 is 10.5 Å². The van der Waals surface area contributed by atoms with E-state index in [0.717, 1.165) is 6.07 Å². The lowest BCUT2D eigenvalue weighted by Crippen LogP contribution is -1.97. The topological polar surface area (TPSA) is 78.4 Å². The van der Waals surface area contributed by atoms with Crippen molar-refractivity contribution in [3.05, 3.63) is 28.3 Å². The van der Waals surface area contributed by atoms with Crippen LogP contribution in [0.5, 0.6) is 5.75 Å². The minimum atomic E-state index is -2.76. The molecule has 0 aliphatic heterocycles. The summed E-state index contributed by atoms with van der Waals surface area (Å²) in [6.45, 7) is 0. The van der Waals surface area contributed by atoms with E-state index >= 15 is 0 Å². The highest BCUT2D eigenvalue weighted by atomic mass is 16.6. The van der Waals surface area contributed by atoms with Gasteiger partial charge in [0.15, 0.2) is 0 Å². The molecule has 0 saturated carbocycles. The van der Waals surface area contributed by atoms with Crippen molar-refractivity contribution in [3.63, 3.8) is 0 Å². The van der Waals surface area contributed by atoms with Crippen LogP contribution in [-0.2, 0) is 0 Å². The zero-order valence-electron chi connectivity index (χ0n) is 8.98. The largest absolute Gasteiger partial charge is 0.489 e. The third kappa shape index (κ3) is 1.29. The van der Waals surface area contributed by atoms with Crippen molar-refractivity contribution >= 4 is 11.4 Å². The molecule has 0 radical (unpaired) electrons. The number of hydrogen-bond acceptors (Lipinski definition) is 4. The van der Waals surface area contributed by atoms with E-state index in [-0.39, 0.29) is 5.69 Å². The highest BCUT2D eigenvalue weighted by molar-refractivity contribution is 5.63. The second-order valence-electron chi connectivity index (χ2n) is 2.05. The van der Waals surface area contributed by atoms with Crippen molar-refractivity contribution in [2.24, 2.45) is 0 Å². The molecular weight excluding hydrogens is 160 g/mol. The van der Waals surface area contributed by atoms with Gasteiger partial charge in [0.05, 0.1) is 21.8 Å². The molecule has 5 nitrogen and oxygen atoms in total. The van der Waals surface area contributed by atoms with E-state index in [0.29, 0.717) is 0 Å². The van der Waals surface area contributed by atoms with E-state index in [1.54, 1.807) is 0 Å². The molecule has 1 aromatic carbocycles. The van der Waals surface area contributed by atoms with Crippen molar-refractivity contribution in [1.29, 1.82) is 0 Å². The Balaban J connectivity index is 3.19. The van der Waals surface area contributed by atoms with E-state index in [9.17, 15) is 10.1 Å². The van der Waals surface area contributed by atoms with E-state index in [4.69, 9.17) is 9.85 Å². The molecule has 0 bridgehead atoms. The fourth-order valence-corrected chi connectivity index (χ4v) is 0.797. The van der Waals surface area contributed by atoms with Crippen molar-refractivity contribution < 1.29 is 13.8 Å². The first kappa shape index (κ1) is 4.97. The van der Waals surface area contributed by atoms with E-state index < -0.39 is 23.4 Å². The quantitative estimate of drug-likeness (QED) is 0.411. The lowest BCUT2D eigenvalue weighted by Gasteiger charge is -2.03. The van der Waals surface area contributed by atoms with Gasteiger partial charge in [-0.1, -0.05) is 6.07 Å². The van der Waals surface area contributed by atoms with Gasteiger partial charge in [0.25, 0.3) is 0 Å². The Morgan fingerprint density at radius 3 is 3.08 bits per heavy atom. The molecule has 64 valence electrons. The van der Waals surface area contributed by atoms with Gasteiger partial charge in [-0.2, -0.15) is 0 Å². The van der Waals surface area contributed by atoms with Gasteiger partial charge in [0.2, 0.25) is 5.75 Å². The zero-order chi connectivity index (χ0) is 11.6. The summed E-state index contributed by atoms with van der Waals surface area (Å²) in [6, 6.07) is 3.80. The summed E-state index contributed by atoms with van der Waals surface area (Å²) in [6.07, 6.45) is 0. The molecular formula is C7H8N2O3. The van der Waals surface area contributed by atoms with E-state index in [2.05, 4.69) is 4.74 Å². The molecule has 0 amide bonds. The van der Waals surface area contributed by atoms with E-state index in [1.165, 1.54) is 12.1 Å².